The zero-order chi connectivity index (χ0) is 20.5. The van der Waals surface area contributed by atoms with Crippen LogP contribution in [0, 0.1) is 34.6 Å². The topological polar surface area (TPSA) is 7.76 Å². The van der Waals surface area contributed by atoms with Crippen molar-refractivity contribution in [1.29, 1.82) is 0 Å². The number of nitrogens with zero attached hydrogens (tertiary/aromatic N) is 2. The Bertz CT molecular complexity index is 1150. The monoisotopic (exact) mass is 380 g/mol. The van der Waals surface area contributed by atoms with Gasteiger partial charge in [0.1, 0.15) is 0 Å². The van der Waals surface area contributed by atoms with Gasteiger partial charge in [-0.3, -0.25) is 0 Å². The van der Waals surface area contributed by atoms with E-state index in [1.807, 2.05) is 0 Å². The maximum absolute atomic E-state index is 2.24. The summed E-state index contributed by atoms with van der Waals surface area (Å²) in [6, 6.07) is 19.5. The molecular formula is C27H28N2+2. The average molecular weight is 381 g/mol. The van der Waals surface area contributed by atoms with Crippen molar-refractivity contribution < 1.29 is 9.13 Å². The smallest absolute Gasteiger partial charge is 0.167 e. The van der Waals surface area contributed by atoms with Gasteiger partial charge in [0.25, 0.3) is 0 Å². The first-order valence-electron chi connectivity index (χ1n) is 10.1. The molecule has 2 nitrogen and oxygen atoms in total. The van der Waals surface area contributed by atoms with Crippen LogP contribution in [0.4, 0.5) is 0 Å². The van der Waals surface area contributed by atoms with Gasteiger partial charge in [0.15, 0.2) is 24.8 Å². The van der Waals surface area contributed by atoms with Gasteiger partial charge in [-0.25, -0.2) is 0 Å². The number of hydrogen-bond acceptors (Lipinski definition) is 0. The van der Waals surface area contributed by atoms with Gasteiger partial charge >= 0.3 is 0 Å². The predicted octanol–water partition coefficient (Wildman–Crippen LogP) is 5.45. The van der Waals surface area contributed by atoms with Crippen molar-refractivity contribution >= 4 is 0 Å². The molecule has 2 aromatic carbocycles. The molecule has 0 aliphatic rings. The van der Waals surface area contributed by atoms with Gasteiger partial charge in [0, 0.05) is 46.0 Å². The number of aromatic nitrogens is 2. The first-order chi connectivity index (χ1) is 14.0. The number of para-hydroxylation sites is 2. The lowest BCUT2D eigenvalue weighted by atomic mass is 10.0. The number of benzene rings is 2. The standard InChI is InChI=1S/C27H28N2/c1-19-8-6-9-20(2)26(19)28-15-12-24(13-16-28)25-14-17-29(18-23(25)5)27-21(3)10-7-11-22(27)4/h6-18H,1-5H3/q+2. The maximum Gasteiger partial charge on any atom is 0.216 e. The predicted molar refractivity (Wildman–Crippen MR) is 119 cm³/mol. The molecule has 2 heteroatoms. The zero-order valence-corrected chi connectivity index (χ0v) is 17.9. The molecule has 0 aliphatic carbocycles. The summed E-state index contributed by atoms with van der Waals surface area (Å²) in [5.74, 6) is 0. The van der Waals surface area contributed by atoms with Gasteiger partial charge < -0.3 is 0 Å². The molecule has 0 saturated carbocycles. The van der Waals surface area contributed by atoms with Crippen LogP contribution in [-0.2, 0) is 0 Å². The average Bonchev–Trinajstić information content (AvgIpc) is 2.69. The third-order valence-electron chi connectivity index (χ3n) is 5.70. The minimum Gasteiger partial charge on any atom is -0.167 e. The van der Waals surface area contributed by atoms with Crippen LogP contribution in [0.3, 0.4) is 0 Å². The Morgan fingerprint density at radius 2 is 0.931 bits per heavy atom. The SMILES string of the molecule is Cc1c[n+](-c2c(C)cccc2C)ccc1-c1cc[n+](-c2c(C)cccc2C)cc1. The van der Waals surface area contributed by atoms with Crippen LogP contribution in [0.15, 0.2) is 79.4 Å². The molecule has 4 aromatic rings. The number of hydrogen-bond donors (Lipinski definition) is 0. The summed E-state index contributed by atoms with van der Waals surface area (Å²) >= 11 is 0. The van der Waals surface area contributed by atoms with Crippen LogP contribution in [-0.4, -0.2) is 0 Å². The lowest BCUT2D eigenvalue weighted by Gasteiger charge is -2.08. The fourth-order valence-electron chi connectivity index (χ4n) is 4.25. The van der Waals surface area contributed by atoms with E-state index in [9.17, 15) is 0 Å². The van der Waals surface area contributed by atoms with E-state index in [2.05, 4.69) is 123 Å². The second-order valence-corrected chi connectivity index (χ2v) is 7.92. The highest BCUT2D eigenvalue weighted by Gasteiger charge is 2.17. The van der Waals surface area contributed by atoms with E-state index < -0.39 is 0 Å². The molecule has 4 rings (SSSR count). The van der Waals surface area contributed by atoms with Gasteiger partial charge in [0.05, 0.1) is 0 Å². The van der Waals surface area contributed by atoms with Crippen LogP contribution in [0.25, 0.3) is 22.5 Å². The highest BCUT2D eigenvalue weighted by atomic mass is 15.0. The van der Waals surface area contributed by atoms with Crippen molar-refractivity contribution in [3.05, 3.63) is 107 Å². The molecule has 29 heavy (non-hydrogen) atoms. The molecule has 0 unspecified atom stereocenters. The van der Waals surface area contributed by atoms with Gasteiger partial charge in [-0.05, 0) is 45.7 Å². The highest BCUT2D eigenvalue weighted by molar-refractivity contribution is 5.65. The van der Waals surface area contributed by atoms with Crippen LogP contribution in [0.2, 0.25) is 0 Å². The van der Waals surface area contributed by atoms with Crippen LogP contribution >= 0.6 is 0 Å². The summed E-state index contributed by atoms with van der Waals surface area (Å²) in [4.78, 5) is 0. The van der Waals surface area contributed by atoms with Crippen molar-refractivity contribution in [3.63, 3.8) is 0 Å². The van der Waals surface area contributed by atoms with Crippen molar-refractivity contribution in [3.8, 4) is 22.5 Å². The second-order valence-electron chi connectivity index (χ2n) is 7.92. The molecule has 144 valence electrons. The van der Waals surface area contributed by atoms with E-state index in [4.69, 9.17) is 0 Å². The Kier molecular flexibility index (Phi) is 5.02. The third kappa shape index (κ3) is 3.58. The highest BCUT2D eigenvalue weighted by Crippen LogP contribution is 2.23. The third-order valence-corrected chi connectivity index (χ3v) is 5.70. The molecule has 2 heterocycles. The zero-order valence-electron chi connectivity index (χ0n) is 17.9. The van der Waals surface area contributed by atoms with Crippen LogP contribution < -0.4 is 9.13 Å². The molecule has 0 radical (unpaired) electrons. The number of aryl methyl sites for hydroxylation is 5. The van der Waals surface area contributed by atoms with E-state index >= 15 is 0 Å². The Morgan fingerprint density at radius 3 is 1.41 bits per heavy atom. The summed E-state index contributed by atoms with van der Waals surface area (Å²) in [5, 5.41) is 0. The normalized spacial score (nSPS) is 10.9. The molecular weight excluding hydrogens is 352 g/mol. The molecule has 0 saturated heterocycles. The van der Waals surface area contributed by atoms with E-state index in [-0.39, 0.29) is 0 Å². The van der Waals surface area contributed by atoms with Gasteiger partial charge in [-0.15, -0.1) is 0 Å². The molecule has 0 N–H and O–H groups in total. The Hall–Kier alpha value is -3.26. The Labute approximate surface area is 173 Å². The Balaban J connectivity index is 1.71. The Morgan fingerprint density at radius 1 is 0.483 bits per heavy atom. The summed E-state index contributed by atoms with van der Waals surface area (Å²) in [6.07, 6.45) is 8.73. The maximum atomic E-state index is 2.24. The van der Waals surface area contributed by atoms with Crippen molar-refractivity contribution in [2.75, 3.05) is 0 Å². The number of pyridine rings is 2. The second kappa shape index (κ2) is 7.63. The molecule has 0 atom stereocenters. The van der Waals surface area contributed by atoms with E-state index in [1.54, 1.807) is 0 Å². The first kappa shape index (κ1) is 19.1. The number of rotatable bonds is 3. The largest absolute Gasteiger partial charge is 0.216 e. The minimum absolute atomic E-state index is 1.23. The molecule has 2 aromatic heterocycles. The minimum atomic E-state index is 1.23. The van der Waals surface area contributed by atoms with Crippen LogP contribution in [0.5, 0.6) is 0 Å². The van der Waals surface area contributed by atoms with E-state index in [0.29, 0.717) is 0 Å². The fourth-order valence-corrected chi connectivity index (χ4v) is 4.25. The summed E-state index contributed by atoms with van der Waals surface area (Å²) in [7, 11) is 0. The lowest BCUT2D eigenvalue weighted by Crippen LogP contribution is -2.32. The summed E-state index contributed by atoms with van der Waals surface area (Å²) in [5.41, 5.74) is 11.4. The van der Waals surface area contributed by atoms with Gasteiger partial charge in [-0.1, -0.05) is 36.4 Å². The van der Waals surface area contributed by atoms with Crippen molar-refractivity contribution in [2.24, 2.45) is 0 Å². The van der Waals surface area contributed by atoms with Crippen LogP contribution in [0.1, 0.15) is 27.8 Å². The van der Waals surface area contributed by atoms with Gasteiger partial charge in [0.2, 0.25) is 11.4 Å². The first-order valence-corrected chi connectivity index (χ1v) is 10.1. The molecule has 0 fully saturated rings. The summed E-state index contributed by atoms with van der Waals surface area (Å²) in [6.45, 7) is 10.9. The summed E-state index contributed by atoms with van der Waals surface area (Å²) < 4.78 is 4.45. The fraction of sp³-hybridized carbons (Fsp3) is 0.185. The van der Waals surface area contributed by atoms with Gasteiger partial charge in [-0.2, -0.15) is 9.13 Å². The molecule has 0 spiro atoms. The van der Waals surface area contributed by atoms with Crippen molar-refractivity contribution in [1.82, 2.24) is 0 Å². The molecule has 0 aliphatic heterocycles. The molecule has 0 bridgehead atoms. The molecule has 0 amide bonds. The lowest BCUT2D eigenvalue weighted by molar-refractivity contribution is -0.597. The van der Waals surface area contributed by atoms with E-state index in [0.717, 1.165) is 0 Å². The van der Waals surface area contributed by atoms with Crippen molar-refractivity contribution in [2.45, 2.75) is 34.6 Å². The quantitative estimate of drug-likeness (QED) is 0.418. The van der Waals surface area contributed by atoms with E-state index in [1.165, 1.54) is 50.3 Å².